The maximum Gasteiger partial charge on any atom is 0.315 e. The van der Waals surface area contributed by atoms with Crippen molar-refractivity contribution in [2.75, 3.05) is 13.3 Å². The lowest BCUT2D eigenvalue weighted by Gasteiger charge is -2.12. The maximum absolute atomic E-state index is 11.7. The van der Waals surface area contributed by atoms with Crippen molar-refractivity contribution < 1.29 is 24.2 Å². The van der Waals surface area contributed by atoms with Gasteiger partial charge in [0.15, 0.2) is 11.5 Å². The molecule has 7 heteroatoms. The van der Waals surface area contributed by atoms with Crippen molar-refractivity contribution in [3.05, 3.63) is 23.8 Å². The number of benzene rings is 1. The molecule has 2 aliphatic rings. The first-order valence-corrected chi connectivity index (χ1v) is 6.73. The Morgan fingerprint density at radius 2 is 1.95 bits per heavy atom. The second-order valence-electron chi connectivity index (χ2n) is 5.31. The largest absolute Gasteiger partial charge is 0.481 e. The summed E-state index contributed by atoms with van der Waals surface area (Å²) in [5.74, 6) is 0.511. The van der Waals surface area contributed by atoms with E-state index in [-0.39, 0.29) is 19.4 Å². The number of fused-ring (bicyclic) bond motifs is 1. The van der Waals surface area contributed by atoms with Crippen LogP contribution in [0, 0.1) is 5.41 Å². The molecule has 3 N–H and O–H groups in total. The van der Waals surface area contributed by atoms with Crippen LogP contribution in [0.2, 0.25) is 0 Å². The highest BCUT2D eigenvalue weighted by Gasteiger charge is 2.50. The van der Waals surface area contributed by atoms with Crippen molar-refractivity contribution in [1.82, 2.24) is 10.6 Å². The number of ether oxygens (including phenoxy) is 2. The minimum atomic E-state index is -0.849. The van der Waals surface area contributed by atoms with Crippen LogP contribution in [0.25, 0.3) is 0 Å². The number of carboxylic acid groups (broad SMARTS) is 1. The lowest BCUT2D eigenvalue weighted by atomic mass is 10.1. The van der Waals surface area contributed by atoms with Crippen molar-refractivity contribution >= 4 is 12.0 Å². The first kappa shape index (κ1) is 13.5. The fourth-order valence-corrected chi connectivity index (χ4v) is 2.16. The molecule has 1 aliphatic heterocycles. The molecular formula is C14H16N2O5. The number of urea groups is 1. The molecule has 112 valence electrons. The van der Waals surface area contributed by atoms with Crippen molar-refractivity contribution in [2.24, 2.45) is 5.41 Å². The van der Waals surface area contributed by atoms with Crippen molar-refractivity contribution in [3.63, 3.8) is 0 Å². The van der Waals surface area contributed by atoms with E-state index in [0.29, 0.717) is 30.9 Å². The highest BCUT2D eigenvalue weighted by molar-refractivity contribution is 5.80. The normalized spacial score (nSPS) is 17.1. The molecule has 1 heterocycles. The number of carbonyl (C=O) groups excluding carboxylic acids is 1. The summed E-state index contributed by atoms with van der Waals surface area (Å²) in [6, 6.07) is 5.07. The van der Waals surface area contributed by atoms with Crippen molar-refractivity contribution in [3.8, 4) is 11.5 Å². The molecule has 0 atom stereocenters. The molecule has 0 radical (unpaired) electrons. The minimum absolute atomic E-state index is 0.162. The first-order chi connectivity index (χ1) is 10.1. The van der Waals surface area contributed by atoms with E-state index in [1.54, 1.807) is 6.07 Å². The van der Waals surface area contributed by atoms with E-state index in [2.05, 4.69) is 10.6 Å². The second kappa shape index (κ2) is 5.16. The van der Waals surface area contributed by atoms with Gasteiger partial charge in [0.05, 0.1) is 5.41 Å². The number of aliphatic carboxylic acids is 1. The summed E-state index contributed by atoms with van der Waals surface area (Å²) in [5.41, 5.74) is 0.129. The van der Waals surface area contributed by atoms with Gasteiger partial charge in [0, 0.05) is 13.1 Å². The third-order valence-electron chi connectivity index (χ3n) is 3.78. The van der Waals surface area contributed by atoms with Gasteiger partial charge in [-0.25, -0.2) is 4.79 Å². The zero-order valence-electron chi connectivity index (χ0n) is 11.3. The summed E-state index contributed by atoms with van der Waals surface area (Å²) in [6.07, 6.45) is 1.23. The third-order valence-corrected chi connectivity index (χ3v) is 3.78. The van der Waals surface area contributed by atoms with Crippen LogP contribution in [0.5, 0.6) is 11.5 Å². The Morgan fingerprint density at radius 3 is 2.67 bits per heavy atom. The standard InChI is InChI=1S/C14H16N2O5/c17-12(18)14(3-4-14)7-16-13(19)15-6-9-1-2-10-11(5-9)21-8-20-10/h1-2,5H,3-4,6-8H2,(H,17,18)(H2,15,16,19). The monoisotopic (exact) mass is 292 g/mol. The Balaban J connectivity index is 1.47. The maximum atomic E-state index is 11.7. The molecule has 0 bridgehead atoms. The molecule has 1 fully saturated rings. The van der Waals surface area contributed by atoms with Gasteiger partial charge in [0.25, 0.3) is 0 Å². The predicted molar refractivity (Wildman–Crippen MR) is 72.1 cm³/mol. The van der Waals surface area contributed by atoms with E-state index < -0.39 is 11.4 Å². The number of carboxylic acids is 1. The van der Waals surface area contributed by atoms with Crippen LogP contribution in [-0.4, -0.2) is 30.4 Å². The molecule has 21 heavy (non-hydrogen) atoms. The van der Waals surface area contributed by atoms with E-state index in [1.165, 1.54) is 0 Å². The SMILES string of the molecule is O=C(NCc1ccc2c(c1)OCO2)NCC1(C(=O)O)CC1. The fraction of sp³-hybridized carbons (Fsp3) is 0.429. The number of rotatable bonds is 5. The smallest absolute Gasteiger partial charge is 0.315 e. The highest BCUT2D eigenvalue weighted by atomic mass is 16.7. The number of hydrogen-bond donors (Lipinski definition) is 3. The summed E-state index contributed by atoms with van der Waals surface area (Å²) in [4.78, 5) is 22.7. The lowest BCUT2D eigenvalue weighted by Crippen LogP contribution is -2.40. The number of hydrogen-bond acceptors (Lipinski definition) is 4. The topological polar surface area (TPSA) is 96.9 Å². The Hall–Kier alpha value is -2.44. The molecule has 2 amide bonds. The Kier molecular flexibility index (Phi) is 3.32. The molecule has 0 spiro atoms. The van der Waals surface area contributed by atoms with Gasteiger partial charge in [-0.15, -0.1) is 0 Å². The highest BCUT2D eigenvalue weighted by Crippen LogP contribution is 2.45. The van der Waals surface area contributed by atoms with Crippen LogP contribution in [0.1, 0.15) is 18.4 Å². The van der Waals surface area contributed by atoms with Crippen LogP contribution >= 0.6 is 0 Å². The number of carbonyl (C=O) groups is 2. The van der Waals surface area contributed by atoms with E-state index in [9.17, 15) is 9.59 Å². The lowest BCUT2D eigenvalue weighted by molar-refractivity contribution is -0.143. The van der Waals surface area contributed by atoms with Crippen LogP contribution in [-0.2, 0) is 11.3 Å². The van der Waals surface area contributed by atoms with Gasteiger partial charge in [0.2, 0.25) is 6.79 Å². The fourth-order valence-electron chi connectivity index (χ4n) is 2.16. The third kappa shape index (κ3) is 2.86. The van der Waals surface area contributed by atoms with Gasteiger partial charge >= 0.3 is 12.0 Å². The minimum Gasteiger partial charge on any atom is -0.481 e. The summed E-state index contributed by atoms with van der Waals surface area (Å²) >= 11 is 0. The quantitative estimate of drug-likeness (QED) is 0.754. The Morgan fingerprint density at radius 1 is 1.19 bits per heavy atom. The molecular weight excluding hydrogens is 276 g/mol. The average molecular weight is 292 g/mol. The molecule has 1 aromatic rings. The van der Waals surface area contributed by atoms with E-state index in [1.807, 2.05) is 12.1 Å². The van der Waals surface area contributed by atoms with Gasteiger partial charge < -0.3 is 25.2 Å². The summed E-state index contributed by atoms with van der Waals surface area (Å²) < 4.78 is 10.5. The van der Waals surface area contributed by atoms with Gasteiger partial charge in [-0.3, -0.25) is 4.79 Å². The van der Waals surface area contributed by atoms with E-state index in [0.717, 1.165) is 5.56 Å². The Labute approximate surface area is 121 Å². The van der Waals surface area contributed by atoms with Crippen LogP contribution in [0.15, 0.2) is 18.2 Å². The molecule has 0 unspecified atom stereocenters. The van der Waals surface area contributed by atoms with Crippen molar-refractivity contribution in [1.29, 1.82) is 0 Å². The first-order valence-electron chi connectivity index (χ1n) is 6.73. The predicted octanol–water partition coefficient (Wildman–Crippen LogP) is 1.08. The van der Waals surface area contributed by atoms with E-state index >= 15 is 0 Å². The zero-order valence-corrected chi connectivity index (χ0v) is 11.3. The Bertz CT molecular complexity index is 583. The molecule has 1 aliphatic carbocycles. The van der Waals surface area contributed by atoms with Crippen LogP contribution in [0.4, 0.5) is 4.79 Å². The number of nitrogens with one attached hydrogen (secondary N) is 2. The average Bonchev–Trinajstić information content (AvgIpc) is 3.13. The van der Waals surface area contributed by atoms with Crippen molar-refractivity contribution in [2.45, 2.75) is 19.4 Å². The van der Waals surface area contributed by atoms with Gasteiger partial charge in [-0.2, -0.15) is 0 Å². The van der Waals surface area contributed by atoms with Gasteiger partial charge in [-0.05, 0) is 30.5 Å². The molecule has 0 saturated heterocycles. The zero-order chi connectivity index (χ0) is 14.9. The number of amides is 2. The summed E-state index contributed by atoms with van der Waals surface area (Å²) in [7, 11) is 0. The molecule has 3 rings (SSSR count). The molecule has 1 aromatic carbocycles. The van der Waals surface area contributed by atoms with Gasteiger partial charge in [-0.1, -0.05) is 6.07 Å². The molecule has 7 nitrogen and oxygen atoms in total. The van der Waals surface area contributed by atoms with Crippen LogP contribution in [0.3, 0.4) is 0 Å². The summed E-state index contributed by atoms with van der Waals surface area (Å²) in [6.45, 7) is 0.710. The van der Waals surface area contributed by atoms with E-state index in [4.69, 9.17) is 14.6 Å². The van der Waals surface area contributed by atoms with Crippen LogP contribution < -0.4 is 20.1 Å². The second-order valence-corrected chi connectivity index (χ2v) is 5.31. The molecule has 1 saturated carbocycles. The van der Waals surface area contributed by atoms with Gasteiger partial charge in [0.1, 0.15) is 0 Å². The summed E-state index contributed by atoms with van der Waals surface area (Å²) in [5, 5.41) is 14.3. The molecule has 0 aromatic heterocycles.